The minimum absolute atomic E-state index is 0.0332. The second kappa shape index (κ2) is 6.70. The number of rotatable bonds is 5. The number of esters is 1. The van der Waals surface area contributed by atoms with Crippen LogP contribution in [0.5, 0.6) is 0 Å². The van der Waals surface area contributed by atoms with Gasteiger partial charge in [0.05, 0.1) is 12.4 Å². The molecule has 1 fully saturated rings. The van der Waals surface area contributed by atoms with E-state index in [9.17, 15) is 13.2 Å². The molecular weight excluding hydrogens is 310 g/mol. The van der Waals surface area contributed by atoms with Gasteiger partial charge in [0.25, 0.3) is 0 Å². The average molecular weight is 328 g/mol. The molecule has 1 rings (SSSR count). The summed E-state index contributed by atoms with van der Waals surface area (Å²) in [6, 6.07) is 0. The van der Waals surface area contributed by atoms with Gasteiger partial charge in [-0.05, 0) is 12.8 Å². The molecule has 7 heteroatoms. The van der Waals surface area contributed by atoms with Crippen molar-refractivity contribution in [2.45, 2.75) is 42.2 Å². The Hall–Kier alpha value is -0.140. The lowest BCUT2D eigenvalue weighted by Crippen LogP contribution is -2.40. The van der Waals surface area contributed by atoms with Crippen LogP contribution in [0.4, 0.5) is 0 Å². The third kappa shape index (κ3) is 4.56. The molecule has 1 atom stereocenters. The Balaban J connectivity index is 2.46. The first-order chi connectivity index (χ1) is 7.97. The van der Waals surface area contributed by atoms with Gasteiger partial charge in [-0.3, -0.25) is 4.79 Å². The number of methoxy groups -OCH3 is 1. The van der Waals surface area contributed by atoms with Gasteiger partial charge in [0.1, 0.15) is 4.83 Å². The van der Waals surface area contributed by atoms with E-state index in [1.54, 1.807) is 0 Å². The molecule has 0 aromatic rings. The van der Waals surface area contributed by atoms with Crippen molar-refractivity contribution in [2.24, 2.45) is 0 Å². The Labute approximate surface area is 110 Å². The first kappa shape index (κ1) is 14.9. The fourth-order valence-electron chi connectivity index (χ4n) is 1.89. The molecule has 1 aliphatic carbocycles. The predicted molar refractivity (Wildman–Crippen MR) is 68.5 cm³/mol. The van der Waals surface area contributed by atoms with E-state index < -0.39 is 20.8 Å². The summed E-state index contributed by atoms with van der Waals surface area (Å²) in [7, 11) is -2.04. The zero-order chi connectivity index (χ0) is 12.9. The van der Waals surface area contributed by atoms with Crippen LogP contribution in [0, 0.1) is 0 Å². The van der Waals surface area contributed by atoms with E-state index in [4.69, 9.17) is 0 Å². The molecule has 0 aromatic heterocycles. The van der Waals surface area contributed by atoms with Crippen LogP contribution in [0.3, 0.4) is 0 Å². The van der Waals surface area contributed by atoms with Crippen LogP contribution < -0.4 is 4.72 Å². The molecule has 0 heterocycles. The molecule has 1 unspecified atom stereocenters. The molecule has 0 saturated heterocycles. The fourth-order valence-corrected chi connectivity index (χ4v) is 4.05. The number of nitrogens with one attached hydrogen (secondary N) is 1. The van der Waals surface area contributed by atoms with E-state index in [2.05, 4.69) is 25.4 Å². The first-order valence-electron chi connectivity index (χ1n) is 5.67. The molecule has 0 spiro atoms. The summed E-state index contributed by atoms with van der Waals surface area (Å²) >= 11 is 3.08. The second-order valence-electron chi connectivity index (χ2n) is 4.14. The first-order valence-corrected chi connectivity index (χ1v) is 8.14. The van der Waals surface area contributed by atoms with E-state index in [0.717, 1.165) is 19.3 Å². The van der Waals surface area contributed by atoms with Gasteiger partial charge in [-0.25, -0.2) is 13.1 Å². The molecule has 1 aliphatic rings. The van der Waals surface area contributed by atoms with E-state index in [1.165, 1.54) is 7.11 Å². The van der Waals surface area contributed by atoms with E-state index >= 15 is 0 Å². The summed E-state index contributed by atoms with van der Waals surface area (Å²) in [6.45, 7) is 0.0332. The Morgan fingerprint density at radius 2 is 2.00 bits per heavy atom. The van der Waals surface area contributed by atoms with Crippen molar-refractivity contribution in [2.75, 3.05) is 13.7 Å². The van der Waals surface area contributed by atoms with Crippen LogP contribution >= 0.6 is 15.9 Å². The summed E-state index contributed by atoms with van der Waals surface area (Å²) in [5.74, 6) is -0.476. The Kier molecular flexibility index (Phi) is 5.88. The van der Waals surface area contributed by atoms with Crippen molar-refractivity contribution in [3.63, 3.8) is 0 Å². The zero-order valence-corrected chi connectivity index (χ0v) is 12.2. The minimum Gasteiger partial charge on any atom is -0.468 e. The lowest BCUT2D eigenvalue weighted by atomic mass is 10.0. The number of hydrogen-bond donors (Lipinski definition) is 1. The van der Waals surface area contributed by atoms with Gasteiger partial charge in [-0.2, -0.15) is 0 Å². The van der Waals surface area contributed by atoms with Gasteiger partial charge in [0.15, 0.2) is 0 Å². The van der Waals surface area contributed by atoms with Crippen LogP contribution in [0.1, 0.15) is 32.1 Å². The molecule has 0 bridgehead atoms. The van der Waals surface area contributed by atoms with Gasteiger partial charge < -0.3 is 4.74 Å². The van der Waals surface area contributed by atoms with Gasteiger partial charge in [-0.15, -0.1) is 0 Å². The van der Waals surface area contributed by atoms with Crippen LogP contribution in [-0.4, -0.2) is 38.1 Å². The maximum absolute atomic E-state index is 11.9. The standard InChI is InChI=1S/C10H18BrNO4S/c1-16-10(13)9(11)7-12-17(14,15)8-5-3-2-4-6-8/h8-9,12H,2-7H2,1H3. The van der Waals surface area contributed by atoms with E-state index in [0.29, 0.717) is 12.8 Å². The topological polar surface area (TPSA) is 72.5 Å². The van der Waals surface area contributed by atoms with Crippen LogP contribution in [0.2, 0.25) is 0 Å². The molecule has 0 amide bonds. The summed E-state index contributed by atoms with van der Waals surface area (Å²) in [5.41, 5.74) is 0. The van der Waals surface area contributed by atoms with Crippen molar-refractivity contribution >= 4 is 31.9 Å². The highest BCUT2D eigenvalue weighted by Gasteiger charge is 2.28. The average Bonchev–Trinajstić information content (AvgIpc) is 2.36. The van der Waals surface area contributed by atoms with Crippen molar-refractivity contribution in [1.29, 1.82) is 0 Å². The number of hydrogen-bond acceptors (Lipinski definition) is 4. The van der Waals surface area contributed by atoms with Crippen LogP contribution in [-0.2, 0) is 19.6 Å². The molecule has 0 radical (unpaired) electrons. The number of carbonyl (C=O) groups is 1. The van der Waals surface area contributed by atoms with Crippen molar-refractivity contribution in [1.82, 2.24) is 4.72 Å². The third-order valence-electron chi connectivity index (χ3n) is 2.91. The molecule has 5 nitrogen and oxygen atoms in total. The molecular formula is C10H18BrNO4S. The number of carbonyl (C=O) groups excluding carboxylic acids is 1. The summed E-state index contributed by atoms with van der Waals surface area (Å²) < 4.78 is 30.8. The van der Waals surface area contributed by atoms with Gasteiger partial charge in [0.2, 0.25) is 10.0 Å². The maximum atomic E-state index is 11.9. The lowest BCUT2D eigenvalue weighted by molar-refractivity contribution is -0.139. The monoisotopic (exact) mass is 327 g/mol. The number of ether oxygens (including phenoxy) is 1. The van der Waals surface area contributed by atoms with Crippen molar-refractivity contribution < 1.29 is 17.9 Å². The molecule has 100 valence electrons. The maximum Gasteiger partial charge on any atom is 0.320 e. The molecule has 1 saturated carbocycles. The minimum atomic E-state index is -3.31. The zero-order valence-electron chi connectivity index (χ0n) is 9.82. The Morgan fingerprint density at radius 1 is 1.41 bits per heavy atom. The quantitative estimate of drug-likeness (QED) is 0.607. The number of halogens is 1. The van der Waals surface area contributed by atoms with Gasteiger partial charge >= 0.3 is 5.97 Å². The van der Waals surface area contributed by atoms with Crippen LogP contribution in [0.15, 0.2) is 0 Å². The SMILES string of the molecule is COC(=O)C(Br)CNS(=O)(=O)C1CCCCC1. The van der Waals surface area contributed by atoms with Crippen molar-refractivity contribution in [3.8, 4) is 0 Å². The van der Waals surface area contributed by atoms with E-state index in [-0.39, 0.29) is 11.8 Å². The molecule has 1 N–H and O–H groups in total. The highest BCUT2D eigenvalue weighted by atomic mass is 79.9. The summed E-state index contributed by atoms with van der Waals surface area (Å²) in [6.07, 6.45) is 4.44. The molecule has 17 heavy (non-hydrogen) atoms. The third-order valence-corrected chi connectivity index (χ3v) is 5.53. The normalized spacial score (nSPS) is 19.9. The highest BCUT2D eigenvalue weighted by molar-refractivity contribution is 9.10. The smallest absolute Gasteiger partial charge is 0.320 e. The highest BCUT2D eigenvalue weighted by Crippen LogP contribution is 2.23. The second-order valence-corrected chi connectivity index (χ2v) is 7.29. The summed E-state index contributed by atoms with van der Waals surface area (Å²) in [5, 5.41) is -0.311. The van der Waals surface area contributed by atoms with Crippen molar-refractivity contribution in [3.05, 3.63) is 0 Å². The van der Waals surface area contributed by atoms with Gasteiger partial charge in [-0.1, -0.05) is 35.2 Å². The molecule has 0 aromatic carbocycles. The fraction of sp³-hybridized carbons (Fsp3) is 0.900. The summed E-state index contributed by atoms with van der Waals surface area (Å²) in [4.78, 5) is 10.5. The lowest BCUT2D eigenvalue weighted by Gasteiger charge is -2.22. The Morgan fingerprint density at radius 3 is 2.53 bits per heavy atom. The van der Waals surface area contributed by atoms with Gasteiger partial charge in [0, 0.05) is 6.54 Å². The largest absolute Gasteiger partial charge is 0.468 e. The predicted octanol–water partition coefficient (Wildman–Crippen LogP) is 1.17. The van der Waals surface area contributed by atoms with E-state index in [1.807, 2.05) is 0 Å². The number of sulfonamides is 1. The number of alkyl halides is 1. The van der Waals surface area contributed by atoms with Crippen LogP contribution in [0.25, 0.3) is 0 Å². The molecule has 0 aliphatic heterocycles. The Bertz CT molecular complexity index is 351.